The number of ether oxygens (including phenoxy) is 4. The van der Waals surface area contributed by atoms with Gasteiger partial charge >= 0.3 is 0 Å². The lowest BCUT2D eigenvalue weighted by Gasteiger charge is -2.29. The van der Waals surface area contributed by atoms with Gasteiger partial charge in [-0.05, 0) is 19.3 Å². The first-order chi connectivity index (χ1) is 12.1. The summed E-state index contributed by atoms with van der Waals surface area (Å²) >= 11 is 5.77. The van der Waals surface area contributed by atoms with Crippen LogP contribution in [0.1, 0.15) is 52.9 Å². The zero-order valence-corrected chi connectivity index (χ0v) is 16.6. The summed E-state index contributed by atoms with van der Waals surface area (Å²) in [6, 6.07) is 0. The maximum atomic E-state index is 12.2. The molecule has 0 aliphatic carbocycles. The average Bonchev–Trinajstić information content (AvgIpc) is 3.08. The zero-order chi connectivity index (χ0) is 18.5. The Bertz CT molecular complexity index is 348. The van der Waals surface area contributed by atoms with E-state index in [-0.39, 0.29) is 17.9 Å². The molecule has 0 aromatic rings. The van der Waals surface area contributed by atoms with Crippen LogP contribution in [-0.4, -0.2) is 68.3 Å². The van der Waals surface area contributed by atoms with Gasteiger partial charge in [-0.15, -0.1) is 11.6 Å². The third kappa shape index (κ3) is 9.20. The lowest BCUT2D eigenvalue weighted by molar-refractivity contribution is -0.169. The monoisotopic (exact) mass is 379 g/mol. The van der Waals surface area contributed by atoms with Gasteiger partial charge in [0.2, 0.25) is 5.91 Å². The van der Waals surface area contributed by atoms with Crippen molar-refractivity contribution in [2.24, 2.45) is 0 Å². The number of hydrogen-bond donors (Lipinski definition) is 0. The van der Waals surface area contributed by atoms with Crippen LogP contribution < -0.4 is 0 Å². The van der Waals surface area contributed by atoms with E-state index in [2.05, 4.69) is 20.8 Å². The van der Waals surface area contributed by atoms with Gasteiger partial charge in [-0.2, -0.15) is 0 Å². The van der Waals surface area contributed by atoms with Gasteiger partial charge in [0.15, 0.2) is 12.6 Å². The summed E-state index contributed by atoms with van der Waals surface area (Å²) in [5, 5.41) is 0. The van der Waals surface area contributed by atoms with Crippen molar-refractivity contribution < 1.29 is 23.7 Å². The number of unbranched alkanes of at least 4 members (excludes halogenated alkanes) is 2. The Hall–Kier alpha value is -0.400. The van der Waals surface area contributed by atoms with Crippen molar-refractivity contribution in [3.05, 3.63) is 0 Å². The number of halogens is 1. The van der Waals surface area contributed by atoms with Gasteiger partial charge in [0, 0.05) is 13.2 Å². The van der Waals surface area contributed by atoms with Crippen LogP contribution in [0.4, 0.5) is 0 Å². The van der Waals surface area contributed by atoms with Gasteiger partial charge < -0.3 is 23.8 Å². The number of carbonyl (C=O) groups excluding carboxylic acids is 1. The Morgan fingerprint density at radius 3 is 2.32 bits per heavy atom. The topological polar surface area (TPSA) is 57.2 Å². The Labute approximate surface area is 157 Å². The standard InChI is InChI=1S/C18H34ClNO5/c1-4-7-9-22-17(23-10-8-5-2)12-20(16(21)11-19)13-18-24-14-15(6-3)25-18/h15,17-18H,4-14H2,1-3H3. The van der Waals surface area contributed by atoms with E-state index in [1.54, 1.807) is 4.90 Å². The van der Waals surface area contributed by atoms with E-state index in [9.17, 15) is 4.79 Å². The summed E-state index contributed by atoms with van der Waals surface area (Å²) in [6.45, 7) is 8.74. The van der Waals surface area contributed by atoms with Crippen molar-refractivity contribution in [2.75, 3.05) is 38.8 Å². The first-order valence-electron chi connectivity index (χ1n) is 9.48. The molecule has 148 valence electrons. The van der Waals surface area contributed by atoms with Gasteiger partial charge in [-0.25, -0.2) is 0 Å². The van der Waals surface area contributed by atoms with Gasteiger partial charge in [0.05, 0.1) is 25.8 Å². The molecule has 1 aliphatic rings. The lowest BCUT2D eigenvalue weighted by atomic mass is 10.3. The molecule has 6 nitrogen and oxygen atoms in total. The van der Waals surface area contributed by atoms with E-state index in [0.29, 0.717) is 32.9 Å². The molecular weight excluding hydrogens is 346 g/mol. The van der Waals surface area contributed by atoms with Crippen LogP contribution in [0.3, 0.4) is 0 Å². The van der Waals surface area contributed by atoms with E-state index in [1.165, 1.54) is 0 Å². The minimum Gasteiger partial charge on any atom is -0.351 e. The maximum absolute atomic E-state index is 12.2. The van der Waals surface area contributed by atoms with E-state index in [1.807, 2.05) is 0 Å². The van der Waals surface area contributed by atoms with Gasteiger partial charge in [0.25, 0.3) is 0 Å². The molecule has 1 heterocycles. The number of nitrogens with zero attached hydrogens (tertiary/aromatic N) is 1. The summed E-state index contributed by atoms with van der Waals surface area (Å²) in [6.07, 6.45) is 4.15. The second-order valence-corrected chi connectivity index (χ2v) is 6.51. The highest BCUT2D eigenvalue weighted by molar-refractivity contribution is 6.27. The van der Waals surface area contributed by atoms with Crippen LogP contribution in [0.15, 0.2) is 0 Å². The maximum Gasteiger partial charge on any atom is 0.237 e. The average molecular weight is 380 g/mol. The van der Waals surface area contributed by atoms with Crippen LogP contribution in [0.25, 0.3) is 0 Å². The fraction of sp³-hybridized carbons (Fsp3) is 0.944. The molecular formula is C18H34ClNO5. The summed E-state index contributed by atoms with van der Waals surface area (Å²) < 4.78 is 23.0. The molecule has 1 aliphatic heterocycles. The summed E-state index contributed by atoms with van der Waals surface area (Å²) in [5.74, 6) is -0.252. The molecule has 0 radical (unpaired) electrons. The minimum absolute atomic E-state index is 0.0828. The van der Waals surface area contributed by atoms with Crippen LogP contribution in [-0.2, 0) is 23.7 Å². The molecule has 0 bridgehead atoms. The quantitative estimate of drug-likeness (QED) is 0.263. The van der Waals surface area contributed by atoms with Crippen LogP contribution in [0, 0.1) is 0 Å². The predicted molar refractivity (Wildman–Crippen MR) is 97.7 cm³/mol. The molecule has 2 unspecified atom stereocenters. The Morgan fingerprint density at radius 2 is 1.84 bits per heavy atom. The van der Waals surface area contributed by atoms with Crippen molar-refractivity contribution in [3.8, 4) is 0 Å². The molecule has 7 heteroatoms. The van der Waals surface area contributed by atoms with E-state index < -0.39 is 12.6 Å². The van der Waals surface area contributed by atoms with Crippen LogP contribution >= 0.6 is 11.6 Å². The fourth-order valence-electron chi connectivity index (χ4n) is 2.41. The third-order valence-electron chi connectivity index (χ3n) is 4.08. The fourth-order valence-corrected chi connectivity index (χ4v) is 2.58. The summed E-state index contributed by atoms with van der Waals surface area (Å²) in [7, 11) is 0. The SMILES string of the molecule is CCCCOC(CN(CC1OCC(CC)O1)C(=O)CCl)OCCCC. The molecule has 0 spiro atoms. The number of carbonyl (C=O) groups is 1. The van der Waals surface area contributed by atoms with Gasteiger partial charge in [-0.1, -0.05) is 33.6 Å². The Kier molecular flexibility index (Phi) is 12.5. The first-order valence-corrected chi connectivity index (χ1v) is 10.0. The molecule has 0 aromatic heterocycles. The molecule has 2 atom stereocenters. The molecule has 1 amide bonds. The van der Waals surface area contributed by atoms with Gasteiger partial charge in [-0.3, -0.25) is 4.79 Å². The minimum atomic E-state index is -0.450. The van der Waals surface area contributed by atoms with Crippen molar-refractivity contribution in [1.29, 1.82) is 0 Å². The molecule has 25 heavy (non-hydrogen) atoms. The molecule has 1 rings (SSSR count). The van der Waals surface area contributed by atoms with Crippen molar-refractivity contribution in [2.45, 2.75) is 71.6 Å². The van der Waals surface area contributed by atoms with Crippen molar-refractivity contribution >= 4 is 17.5 Å². The normalized spacial score (nSPS) is 20.4. The highest BCUT2D eigenvalue weighted by Crippen LogP contribution is 2.16. The molecule has 0 N–H and O–H groups in total. The largest absolute Gasteiger partial charge is 0.351 e. The smallest absolute Gasteiger partial charge is 0.237 e. The lowest BCUT2D eigenvalue weighted by Crippen LogP contribution is -2.44. The predicted octanol–water partition coefficient (Wildman–Crippen LogP) is 3.16. The van der Waals surface area contributed by atoms with Crippen molar-refractivity contribution in [3.63, 3.8) is 0 Å². The number of rotatable bonds is 14. The summed E-state index contributed by atoms with van der Waals surface area (Å²) in [5.41, 5.74) is 0. The molecule has 0 aromatic carbocycles. The second kappa shape index (κ2) is 13.8. The highest BCUT2D eigenvalue weighted by Gasteiger charge is 2.29. The molecule has 1 saturated heterocycles. The van der Waals surface area contributed by atoms with Crippen LogP contribution in [0.2, 0.25) is 0 Å². The molecule has 0 saturated carbocycles. The third-order valence-corrected chi connectivity index (χ3v) is 4.31. The first kappa shape index (κ1) is 22.6. The van der Waals surface area contributed by atoms with Crippen molar-refractivity contribution in [1.82, 2.24) is 4.90 Å². The van der Waals surface area contributed by atoms with E-state index in [0.717, 1.165) is 32.1 Å². The number of hydrogen-bond acceptors (Lipinski definition) is 5. The molecule has 1 fully saturated rings. The van der Waals surface area contributed by atoms with Gasteiger partial charge in [0.1, 0.15) is 5.88 Å². The van der Waals surface area contributed by atoms with Crippen LogP contribution in [0.5, 0.6) is 0 Å². The van der Waals surface area contributed by atoms with E-state index in [4.69, 9.17) is 30.5 Å². The zero-order valence-electron chi connectivity index (χ0n) is 15.9. The summed E-state index contributed by atoms with van der Waals surface area (Å²) in [4.78, 5) is 13.8. The second-order valence-electron chi connectivity index (χ2n) is 6.24. The van der Waals surface area contributed by atoms with E-state index >= 15 is 0 Å². The highest BCUT2D eigenvalue weighted by atomic mass is 35.5. The number of amides is 1. The number of alkyl halides is 1. The Morgan fingerprint density at radius 1 is 1.20 bits per heavy atom. The Balaban J connectivity index is 2.58.